The molecule has 0 spiro atoms. The molecule has 0 aromatic heterocycles. The maximum absolute atomic E-state index is 14.1. The minimum absolute atomic E-state index is 0.0934. The second kappa shape index (κ2) is 14.7. The topological polar surface area (TPSA) is 113 Å². The zero-order valence-corrected chi connectivity index (χ0v) is 26.2. The highest BCUT2D eigenvalue weighted by Crippen LogP contribution is 2.34. The van der Waals surface area contributed by atoms with E-state index in [-0.39, 0.29) is 43.5 Å². The molecule has 4 atom stereocenters. The molecule has 236 valence electrons. The average molecular weight is 599 g/mol. The van der Waals surface area contributed by atoms with Crippen molar-refractivity contribution in [2.45, 2.75) is 58.3 Å². The number of aliphatic hydroxyl groups excluding tert-OH is 1. The van der Waals surface area contributed by atoms with Gasteiger partial charge in [0.1, 0.15) is 5.75 Å². The normalized spacial score (nSPS) is 21.7. The van der Waals surface area contributed by atoms with Crippen LogP contribution < -0.4 is 24.4 Å². The van der Waals surface area contributed by atoms with Crippen molar-refractivity contribution in [2.24, 2.45) is 5.92 Å². The summed E-state index contributed by atoms with van der Waals surface area (Å²) in [4.78, 5) is 32.5. The Labute approximate surface area is 254 Å². The van der Waals surface area contributed by atoms with E-state index < -0.39 is 6.04 Å². The number of hydrogen-bond donors (Lipinski definition) is 2. The van der Waals surface area contributed by atoms with Gasteiger partial charge in [0.25, 0.3) is 5.91 Å². The molecule has 2 N–H and O–H groups in total. The van der Waals surface area contributed by atoms with E-state index in [1.54, 1.807) is 35.0 Å². The first-order chi connectivity index (χ1) is 20.6. The molecule has 0 saturated heterocycles. The van der Waals surface area contributed by atoms with Crippen LogP contribution in [-0.2, 0) is 4.74 Å². The zero-order chi connectivity index (χ0) is 31.1. The van der Waals surface area contributed by atoms with Crippen LogP contribution >= 0.6 is 0 Å². The van der Waals surface area contributed by atoms with Gasteiger partial charge in [-0.1, -0.05) is 6.92 Å². The molecule has 2 aromatic carbocycles. The van der Waals surface area contributed by atoms with Gasteiger partial charge in [-0.2, -0.15) is 0 Å². The van der Waals surface area contributed by atoms with Crippen LogP contribution in [0.3, 0.4) is 0 Å². The molecule has 2 aliphatic rings. The van der Waals surface area contributed by atoms with E-state index >= 15 is 0 Å². The van der Waals surface area contributed by atoms with Crippen LogP contribution in [0.25, 0.3) is 0 Å². The number of fused-ring (bicyclic) bond motifs is 2. The zero-order valence-electron chi connectivity index (χ0n) is 26.2. The van der Waals surface area contributed by atoms with Crippen LogP contribution in [0, 0.1) is 5.92 Å². The fourth-order valence-corrected chi connectivity index (χ4v) is 5.20. The number of amides is 3. The van der Waals surface area contributed by atoms with Gasteiger partial charge in [0, 0.05) is 64.2 Å². The summed E-state index contributed by atoms with van der Waals surface area (Å²) in [6.45, 7) is 6.97. The number of likely N-dealkylation sites (N-methyl/N-ethyl adjacent to an activating group) is 1. The molecule has 0 aliphatic carbocycles. The van der Waals surface area contributed by atoms with E-state index in [1.807, 2.05) is 58.0 Å². The van der Waals surface area contributed by atoms with Crippen molar-refractivity contribution in [1.82, 2.24) is 9.80 Å². The molecule has 4 rings (SSSR count). The van der Waals surface area contributed by atoms with Crippen molar-refractivity contribution in [3.05, 3.63) is 42.0 Å². The predicted molar refractivity (Wildman–Crippen MR) is 165 cm³/mol. The second-order valence-corrected chi connectivity index (χ2v) is 11.8. The first kappa shape index (κ1) is 32.2. The molecular formula is C32H46N4O7. The number of aliphatic hydroxyl groups is 1. The van der Waals surface area contributed by atoms with E-state index in [0.717, 1.165) is 24.9 Å². The fraction of sp³-hybridized carbons (Fsp3) is 0.562. The summed E-state index contributed by atoms with van der Waals surface area (Å²) in [5, 5.41) is 13.0. The molecule has 3 amide bonds. The van der Waals surface area contributed by atoms with Gasteiger partial charge in [0.15, 0.2) is 11.5 Å². The Hall–Kier alpha value is -3.70. The Morgan fingerprint density at radius 1 is 1.07 bits per heavy atom. The van der Waals surface area contributed by atoms with Gasteiger partial charge in [-0.05, 0) is 63.4 Å². The van der Waals surface area contributed by atoms with Crippen LogP contribution in [0.4, 0.5) is 16.2 Å². The first-order valence-corrected chi connectivity index (χ1v) is 15.0. The summed E-state index contributed by atoms with van der Waals surface area (Å²) in [5.74, 6) is 1.40. The predicted octanol–water partition coefficient (Wildman–Crippen LogP) is 4.44. The minimum atomic E-state index is -0.441. The van der Waals surface area contributed by atoms with E-state index in [9.17, 15) is 14.7 Å². The lowest BCUT2D eigenvalue weighted by Gasteiger charge is -2.36. The second-order valence-electron chi connectivity index (χ2n) is 11.8. The van der Waals surface area contributed by atoms with Crippen LogP contribution in [0.1, 0.15) is 50.4 Å². The Kier molecular flexibility index (Phi) is 11.0. The van der Waals surface area contributed by atoms with Crippen molar-refractivity contribution in [2.75, 3.05) is 64.5 Å². The molecule has 11 nitrogen and oxygen atoms in total. The smallest absolute Gasteiger partial charge is 0.321 e. The Balaban J connectivity index is 1.55. The molecule has 2 heterocycles. The molecule has 2 aliphatic heterocycles. The Bertz CT molecular complexity index is 1260. The van der Waals surface area contributed by atoms with Gasteiger partial charge >= 0.3 is 6.03 Å². The summed E-state index contributed by atoms with van der Waals surface area (Å²) < 4.78 is 23.4. The number of anilines is 2. The number of carbonyl (C=O) groups is 2. The number of urea groups is 1. The monoisotopic (exact) mass is 598 g/mol. The number of hydrogen-bond acceptors (Lipinski definition) is 8. The summed E-state index contributed by atoms with van der Waals surface area (Å²) in [7, 11) is 5.58. The van der Waals surface area contributed by atoms with Crippen LogP contribution in [0.5, 0.6) is 17.2 Å². The Morgan fingerprint density at radius 3 is 2.56 bits per heavy atom. The third-order valence-corrected chi connectivity index (χ3v) is 7.98. The van der Waals surface area contributed by atoms with Crippen LogP contribution in [-0.4, -0.2) is 99.3 Å². The standard InChI is InChI=1S/C32H46N4O7/c1-21-17-36(22(2)19-37)31(38)26-16-25(34(4)5)11-13-27(26)43-23(3)9-7-8-14-40-30(21)18-35(6)32(39)33-24-10-12-28-29(15-24)42-20-41-28/h10-13,15-16,21-23,30,37H,7-9,14,17-20H2,1-6H3,(H,33,39)/t21-,22+,23-,30-/m1/s1. The van der Waals surface area contributed by atoms with Gasteiger partial charge in [-0.15, -0.1) is 0 Å². The van der Waals surface area contributed by atoms with Crippen molar-refractivity contribution >= 4 is 23.3 Å². The SMILES string of the molecule is C[C@@H]1CCCCO[C@H](CN(C)C(=O)Nc2ccc3c(c2)OCO3)[C@H](C)CN([C@@H](C)CO)C(=O)c2cc(N(C)C)ccc2O1. The van der Waals surface area contributed by atoms with Crippen LogP contribution in [0.15, 0.2) is 36.4 Å². The Morgan fingerprint density at radius 2 is 1.81 bits per heavy atom. The number of nitrogens with zero attached hydrogens (tertiary/aromatic N) is 3. The van der Waals surface area contributed by atoms with E-state index in [1.165, 1.54) is 0 Å². The quantitative estimate of drug-likeness (QED) is 0.502. The largest absolute Gasteiger partial charge is 0.490 e. The molecule has 0 unspecified atom stereocenters. The molecule has 11 heteroatoms. The minimum Gasteiger partial charge on any atom is -0.490 e. The molecule has 43 heavy (non-hydrogen) atoms. The lowest BCUT2D eigenvalue weighted by Crippen LogP contribution is -2.48. The molecular weight excluding hydrogens is 552 g/mol. The molecule has 0 saturated carbocycles. The van der Waals surface area contributed by atoms with Crippen molar-refractivity contribution < 1.29 is 33.6 Å². The first-order valence-electron chi connectivity index (χ1n) is 15.0. The van der Waals surface area contributed by atoms with Crippen molar-refractivity contribution in [3.8, 4) is 17.2 Å². The van der Waals surface area contributed by atoms with E-state index in [0.29, 0.717) is 48.2 Å². The lowest BCUT2D eigenvalue weighted by molar-refractivity contribution is -0.0115. The summed E-state index contributed by atoms with van der Waals surface area (Å²) in [5.41, 5.74) is 1.94. The molecule has 0 radical (unpaired) electrons. The van der Waals surface area contributed by atoms with Crippen LogP contribution in [0.2, 0.25) is 0 Å². The van der Waals surface area contributed by atoms with Gasteiger partial charge in [-0.25, -0.2) is 4.79 Å². The number of carbonyl (C=O) groups excluding carboxylic acids is 2. The molecule has 0 fully saturated rings. The fourth-order valence-electron chi connectivity index (χ4n) is 5.20. The maximum Gasteiger partial charge on any atom is 0.321 e. The molecule has 0 bridgehead atoms. The third kappa shape index (κ3) is 8.23. The highest BCUT2D eigenvalue weighted by atomic mass is 16.7. The van der Waals surface area contributed by atoms with Gasteiger partial charge in [0.2, 0.25) is 6.79 Å². The van der Waals surface area contributed by atoms with E-state index in [4.69, 9.17) is 18.9 Å². The third-order valence-electron chi connectivity index (χ3n) is 7.98. The van der Waals surface area contributed by atoms with Gasteiger partial charge < -0.3 is 44.1 Å². The number of ether oxygens (including phenoxy) is 4. The summed E-state index contributed by atoms with van der Waals surface area (Å²) in [6, 6.07) is 10.2. The summed E-state index contributed by atoms with van der Waals surface area (Å²) in [6.07, 6.45) is 2.10. The van der Waals surface area contributed by atoms with Gasteiger partial charge in [-0.3, -0.25) is 4.79 Å². The maximum atomic E-state index is 14.1. The van der Waals surface area contributed by atoms with Gasteiger partial charge in [0.05, 0.1) is 30.4 Å². The van der Waals surface area contributed by atoms with Crippen molar-refractivity contribution in [1.29, 1.82) is 0 Å². The molecule has 2 aromatic rings. The number of benzene rings is 2. The number of rotatable bonds is 6. The average Bonchev–Trinajstić information content (AvgIpc) is 3.45. The highest BCUT2D eigenvalue weighted by molar-refractivity contribution is 5.98. The van der Waals surface area contributed by atoms with Crippen molar-refractivity contribution in [3.63, 3.8) is 0 Å². The van der Waals surface area contributed by atoms with E-state index in [2.05, 4.69) is 5.32 Å². The highest BCUT2D eigenvalue weighted by Gasteiger charge is 2.31. The number of nitrogens with one attached hydrogen (secondary N) is 1. The summed E-state index contributed by atoms with van der Waals surface area (Å²) >= 11 is 0. The lowest BCUT2D eigenvalue weighted by atomic mass is 10.0.